The number of fused-ring (bicyclic) bond motifs is 1. The highest BCUT2D eigenvalue weighted by Crippen LogP contribution is 2.50. The van der Waals surface area contributed by atoms with Gasteiger partial charge in [-0.3, -0.25) is 14.4 Å². The lowest BCUT2D eigenvalue weighted by Crippen LogP contribution is -2.54. The molecule has 0 bridgehead atoms. The third-order valence-electron chi connectivity index (χ3n) is 8.95. The Kier molecular flexibility index (Phi) is 7.60. The molecule has 0 saturated carbocycles. The molecular formula is C32H37ClN2O7. The fourth-order valence-corrected chi connectivity index (χ4v) is 7.07. The fraction of sp³-hybridized carbons (Fsp3) is 0.531. The number of hydrogen-bond acceptors (Lipinski definition) is 6. The Morgan fingerprint density at radius 2 is 1.79 bits per heavy atom. The van der Waals surface area contributed by atoms with E-state index in [-0.39, 0.29) is 29.7 Å². The minimum Gasteiger partial charge on any atom is -0.486 e. The number of carboxylic acid groups (broad SMARTS) is 1. The van der Waals surface area contributed by atoms with E-state index in [2.05, 4.69) is 20.8 Å². The quantitative estimate of drug-likeness (QED) is 0.529. The number of anilines is 1. The van der Waals surface area contributed by atoms with Crippen LogP contribution in [0, 0.1) is 11.3 Å². The maximum Gasteiger partial charge on any atom is 0.306 e. The smallest absolute Gasteiger partial charge is 0.306 e. The molecule has 0 aromatic heterocycles. The number of ether oxygens (including phenoxy) is 3. The van der Waals surface area contributed by atoms with Gasteiger partial charge in [0, 0.05) is 35.3 Å². The summed E-state index contributed by atoms with van der Waals surface area (Å²) in [6, 6.07) is 9.29. The Bertz CT molecular complexity index is 1410. The largest absolute Gasteiger partial charge is 0.486 e. The van der Waals surface area contributed by atoms with Crippen molar-refractivity contribution in [2.75, 3.05) is 31.2 Å². The van der Waals surface area contributed by atoms with Crippen LogP contribution in [0.15, 0.2) is 30.3 Å². The first-order valence-corrected chi connectivity index (χ1v) is 15.1. The number of para-hydroxylation sites is 1. The molecule has 42 heavy (non-hydrogen) atoms. The molecule has 1 fully saturated rings. The Balaban J connectivity index is 1.44. The molecule has 0 unspecified atom stereocenters. The molecule has 2 aromatic rings. The van der Waals surface area contributed by atoms with Crippen molar-refractivity contribution >= 4 is 35.1 Å². The summed E-state index contributed by atoms with van der Waals surface area (Å²) in [6.45, 7) is 7.87. The van der Waals surface area contributed by atoms with E-state index >= 15 is 0 Å². The summed E-state index contributed by atoms with van der Waals surface area (Å²) in [5.74, 6) is -0.606. The van der Waals surface area contributed by atoms with Gasteiger partial charge in [0.25, 0.3) is 5.91 Å². The zero-order valence-corrected chi connectivity index (χ0v) is 25.0. The summed E-state index contributed by atoms with van der Waals surface area (Å²) in [5, 5.41) is 9.94. The number of piperidine rings is 1. The van der Waals surface area contributed by atoms with E-state index in [4.69, 9.17) is 25.8 Å². The molecule has 10 heteroatoms. The standard InChI is InChI=1S/C32H37ClN2O7/c1-32(2,3)25-8-7-19-15-20(33)16-22-27(19)35(25)30(37)24(17-26(36)34-11-9-18(10-12-34)31(38)39)42-28(22)21-5-4-6-23-29(21)41-14-13-40-23/h4-6,15-16,18,24-25,28H,7-14,17H2,1-3H3,(H,38,39)/t24-,25-,28-/m1/s1. The molecule has 2 aromatic carbocycles. The number of aliphatic carboxylic acids is 1. The number of carbonyl (C=O) groups is 3. The number of rotatable bonds is 4. The third-order valence-corrected chi connectivity index (χ3v) is 9.17. The summed E-state index contributed by atoms with van der Waals surface area (Å²) in [7, 11) is 0. The monoisotopic (exact) mass is 596 g/mol. The Labute approximate surface area is 250 Å². The number of carboxylic acids is 1. The Morgan fingerprint density at radius 3 is 2.50 bits per heavy atom. The topological polar surface area (TPSA) is 106 Å². The summed E-state index contributed by atoms with van der Waals surface area (Å²) in [6.07, 6.45) is 0.345. The van der Waals surface area contributed by atoms with Gasteiger partial charge in [0.15, 0.2) is 11.5 Å². The molecule has 6 rings (SSSR count). The molecule has 4 aliphatic rings. The van der Waals surface area contributed by atoms with Crippen molar-refractivity contribution in [2.45, 2.75) is 71.1 Å². The fourth-order valence-electron chi connectivity index (χ4n) is 6.82. The van der Waals surface area contributed by atoms with Gasteiger partial charge in [0.1, 0.15) is 25.4 Å². The van der Waals surface area contributed by atoms with Gasteiger partial charge in [-0.2, -0.15) is 0 Å². The second kappa shape index (κ2) is 11.1. The van der Waals surface area contributed by atoms with Crippen LogP contribution in [0.2, 0.25) is 5.02 Å². The summed E-state index contributed by atoms with van der Waals surface area (Å²) in [5.41, 5.74) is 3.01. The lowest BCUT2D eigenvalue weighted by atomic mass is 9.78. The molecular weight excluding hydrogens is 560 g/mol. The molecule has 3 atom stereocenters. The molecule has 2 amide bonds. The highest BCUT2D eigenvalue weighted by atomic mass is 35.5. The molecule has 0 spiro atoms. The predicted molar refractivity (Wildman–Crippen MR) is 156 cm³/mol. The molecule has 9 nitrogen and oxygen atoms in total. The number of likely N-dealkylation sites (tertiary alicyclic amines) is 1. The number of aryl methyl sites for hydroxylation is 1. The number of benzene rings is 2. The second-order valence-electron chi connectivity index (χ2n) is 12.7. The molecule has 0 radical (unpaired) electrons. The first-order valence-electron chi connectivity index (χ1n) is 14.7. The van der Waals surface area contributed by atoms with E-state index in [0.29, 0.717) is 61.2 Å². The van der Waals surface area contributed by atoms with Crippen molar-refractivity contribution in [3.05, 3.63) is 52.0 Å². The van der Waals surface area contributed by atoms with Crippen LogP contribution in [0.25, 0.3) is 0 Å². The number of amides is 2. The molecule has 4 heterocycles. The van der Waals surface area contributed by atoms with Gasteiger partial charge in [-0.25, -0.2) is 0 Å². The van der Waals surface area contributed by atoms with Gasteiger partial charge in [0.05, 0.1) is 18.0 Å². The second-order valence-corrected chi connectivity index (χ2v) is 13.1. The van der Waals surface area contributed by atoms with E-state index in [1.165, 1.54) is 0 Å². The normalized spacial score (nSPS) is 24.2. The highest BCUT2D eigenvalue weighted by Gasteiger charge is 2.47. The van der Waals surface area contributed by atoms with Gasteiger partial charge in [0.2, 0.25) is 5.91 Å². The summed E-state index contributed by atoms with van der Waals surface area (Å²) < 4.78 is 18.7. The maximum atomic E-state index is 14.6. The summed E-state index contributed by atoms with van der Waals surface area (Å²) in [4.78, 5) is 43.1. The number of carbonyl (C=O) groups excluding carboxylic acids is 2. The van der Waals surface area contributed by atoms with Gasteiger partial charge in [-0.1, -0.05) is 44.5 Å². The number of nitrogens with zero attached hydrogens (tertiary/aromatic N) is 2. The minimum absolute atomic E-state index is 0.118. The first kappa shape index (κ1) is 28.8. The molecule has 224 valence electrons. The average Bonchev–Trinajstić information content (AvgIpc) is 3.07. The van der Waals surface area contributed by atoms with Crippen LogP contribution in [-0.4, -0.2) is 66.2 Å². The van der Waals surface area contributed by atoms with Crippen LogP contribution < -0.4 is 14.4 Å². The third kappa shape index (κ3) is 5.22. The molecule has 1 saturated heterocycles. The Hall–Kier alpha value is -3.30. The Morgan fingerprint density at radius 1 is 1.05 bits per heavy atom. The lowest BCUT2D eigenvalue weighted by Gasteiger charge is -2.45. The van der Waals surface area contributed by atoms with Crippen molar-refractivity contribution in [3.63, 3.8) is 0 Å². The van der Waals surface area contributed by atoms with E-state index < -0.39 is 24.1 Å². The average molecular weight is 597 g/mol. The molecule has 0 aliphatic carbocycles. The van der Waals surface area contributed by atoms with E-state index in [1.54, 1.807) is 4.90 Å². The molecule has 1 N–H and O–H groups in total. The van der Waals surface area contributed by atoms with Crippen LogP contribution in [0.3, 0.4) is 0 Å². The van der Waals surface area contributed by atoms with Gasteiger partial charge < -0.3 is 29.1 Å². The van der Waals surface area contributed by atoms with Gasteiger partial charge >= 0.3 is 5.97 Å². The van der Waals surface area contributed by atoms with Crippen molar-refractivity contribution in [3.8, 4) is 11.5 Å². The maximum absolute atomic E-state index is 14.6. The predicted octanol–water partition coefficient (Wildman–Crippen LogP) is 5.01. The highest BCUT2D eigenvalue weighted by molar-refractivity contribution is 6.31. The lowest BCUT2D eigenvalue weighted by molar-refractivity contribution is -0.148. The zero-order chi connectivity index (χ0) is 29.8. The SMILES string of the molecule is CC(C)(C)[C@H]1CCc2cc(Cl)cc3c2N1C(=O)[C@@H](CC(=O)N1CCC(C(=O)O)CC1)O[C@@H]3c1cccc2c1OCCO2. The number of halogens is 1. The van der Waals surface area contributed by atoms with Crippen molar-refractivity contribution in [1.82, 2.24) is 4.90 Å². The van der Waals surface area contributed by atoms with Crippen LogP contribution in [0.5, 0.6) is 11.5 Å². The van der Waals surface area contributed by atoms with Crippen LogP contribution in [0.1, 0.15) is 69.2 Å². The van der Waals surface area contributed by atoms with E-state index in [9.17, 15) is 19.5 Å². The van der Waals surface area contributed by atoms with Crippen molar-refractivity contribution < 1.29 is 33.7 Å². The van der Waals surface area contributed by atoms with Crippen LogP contribution in [-0.2, 0) is 25.5 Å². The van der Waals surface area contributed by atoms with E-state index in [1.807, 2.05) is 35.2 Å². The van der Waals surface area contributed by atoms with E-state index in [0.717, 1.165) is 29.7 Å². The van der Waals surface area contributed by atoms with Crippen LogP contribution >= 0.6 is 11.6 Å². The van der Waals surface area contributed by atoms with Crippen LogP contribution in [0.4, 0.5) is 5.69 Å². The number of hydrogen-bond donors (Lipinski definition) is 1. The zero-order valence-electron chi connectivity index (χ0n) is 24.2. The summed E-state index contributed by atoms with van der Waals surface area (Å²) >= 11 is 6.68. The van der Waals surface area contributed by atoms with Crippen molar-refractivity contribution in [2.24, 2.45) is 11.3 Å². The molecule has 4 aliphatic heterocycles. The first-order chi connectivity index (χ1) is 20.0. The van der Waals surface area contributed by atoms with Gasteiger partial charge in [-0.05, 0) is 54.9 Å². The van der Waals surface area contributed by atoms with Crippen molar-refractivity contribution in [1.29, 1.82) is 0 Å². The van der Waals surface area contributed by atoms with Gasteiger partial charge in [-0.15, -0.1) is 0 Å². The minimum atomic E-state index is -1.07.